The summed E-state index contributed by atoms with van der Waals surface area (Å²) in [6.07, 6.45) is 6.69. The van der Waals surface area contributed by atoms with Crippen molar-refractivity contribution in [1.82, 2.24) is 15.5 Å². The molecule has 6 nitrogen and oxygen atoms in total. The van der Waals surface area contributed by atoms with Gasteiger partial charge in [0.15, 0.2) is 15.7 Å². The Morgan fingerprint density at radius 3 is 2.75 bits per heavy atom. The number of sulfone groups is 1. The highest BCUT2D eigenvalue weighted by Crippen LogP contribution is 2.27. The minimum Gasteiger partial charge on any atom is -0.339 e. The van der Waals surface area contributed by atoms with E-state index in [4.69, 9.17) is 4.52 Å². The van der Waals surface area contributed by atoms with Crippen molar-refractivity contribution in [1.29, 1.82) is 0 Å². The lowest BCUT2D eigenvalue weighted by atomic mass is 9.82. The summed E-state index contributed by atoms with van der Waals surface area (Å²) in [6, 6.07) is 0.478. The number of hydrogen-bond acceptors (Lipinski definition) is 6. The monoisotopic (exact) mass is 301 g/mol. The van der Waals surface area contributed by atoms with Crippen LogP contribution in [-0.4, -0.2) is 37.9 Å². The molecule has 1 N–H and O–H groups in total. The SMILES string of the molecule is CNC1CCCCC1Cc1nc(C(C)S(C)(=O)=O)no1. The van der Waals surface area contributed by atoms with Crippen LogP contribution < -0.4 is 5.32 Å². The quantitative estimate of drug-likeness (QED) is 0.887. The largest absolute Gasteiger partial charge is 0.339 e. The van der Waals surface area contributed by atoms with Gasteiger partial charge in [-0.2, -0.15) is 4.98 Å². The van der Waals surface area contributed by atoms with Crippen LogP contribution in [0.4, 0.5) is 0 Å². The molecule has 7 heteroatoms. The first-order chi connectivity index (χ1) is 9.41. The van der Waals surface area contributed by atoms with Crippen LogP contribution in [-0.2, 0) is 16.3 Å². The fraction of sp³-hybridized carbons (Fsp3) is 0.846. The van der Waals surface area contributed by atoms with Gasteiger partial charge in [-0.3, -0.25) is 0 Å². The molecule has 1 aromatic rings. The predicted octanol–water partition coefficient (Wildman–Crippen LogP) is 1.50. The second-order valence-corrected chi connectivity index (χ2v) is 8.03. The Bertz CT molecular complexity index is 541. The van der Waals surface area contributed by atoms with Gasteiger partial charge in [-0.05, 0) is 32.7 Å². The van der Waals surface area contributed by atoms with Crippen molar-refractivity contribution in [3.63, 3.8) is 0 Å². The lowest BCUT2D eigenvalue weighted by molar-refractivity contribution is 0.248. The molecule has 0 aromatic carbocycles. The summed E-state index contributed by atoms with van der Waals surface area (Å²) in [5, 5.41) is 6.44. The van der Waals surface area contributed by atoms with Crippen LogP contribution in [0.3, 0.4) is 0 Å². The minimum atomic E-state index is -3.19. The third kappa shape index (κ3) is 3.58. The zero-order valence-corrected chi connectivity index (χ0v) is 13.1. The maximum Gasteiger partial charge on any atom is 0.227 e. The Morgan fingerprint density at radius 2 is 2.10 bits per heavy atom. The predicted molar refractivity (Wildman–Crippen MR) is 76.1 cm³/mol. The molecule has 0 radical (unpaired) electrons. The van der Waals surface area contributed by atoms with E-state index in [2.05, 4.69) is 15.5 Å². The van der Waals surface area contributed by atoms with Crippen LogP contribution in [0.25, 0.3) is 0 Å². The Labute approximate surface area is 120 Å². The molecule has 1 heterocycles. The molecule has 1 aromatic heterocycles. The zero-order chi connectivity index (χ0) is 14.8. The molecular formula is C13H23N3O3S. The highest BCUT2D eigenvalue weighted by atomic mass is 32.2. The first-order valence-corrected chi connectivity index (χ1v) is 9.06. The van der Waals surface area contributed by atoms with Crippen LogP contribution in [0.2, 0.25) is 0 Å². The minimum absolute atomic E-state index is 0.263. The van der Waals surface area contributed by atoms with Crippen LogP contribution in [0.15, 0.2) is 4.52 Å². The number of nitrogens with one attached hydrogen (secondary N) is 1. The molecule has 0 aliphatic heterocycles. The molecule has 3 unspecified atom stereocenters. The van der Waals surface area contributed by atoms with E-state index in [-0.39, 0.29) is 5.82 Å². The molecule has 0 amide bonds. The van der Waals surface area contributed by atoms with E-state index < -0.39 is 15.1 Å². The Morgan fingerprint density at radius 1 is 1.40 bits per heavy atom. The number of rotatable bonds is 5. The second kappa shape index (κ2) is 6.22. The molecule has 3 atom stereocenters. The average molecular weight is 301 g/mol. The summed E-state index contributed by atoms with van der Waals surface area (Å²) < 4.78 is 28.2. The van der Waals surface area contributed by atoms with Crippen molar-refractivity contribution in [3.05, 3.63) is 11.7 Å². The maximum absolute atomic E-state index is 11.5. The van der Waals surface area contributed by atoms with E-state index >= 15 is 0 Å². The van der Waals surface area contributed by atoms with Gasteiger partial charge in [0.05, 0.1) is 0 Å². The van der Waals surface area contributed by atoms with Gasteiger partial charge >= 0.3 is 0 Å². The fourth-order valence-electron chi connectivity index (χ4n) is 2.76. The van der Waals surface area contributed by atoms with Gasteiger partial charge in [0.2, 0.25) is 5.89 Å². The van der Waals surface area contributed by atoms with Crippen LogP contribution in [0.5, 0.6) is 0 Å². The van der Waals surface area contributed by atoms with E-state index in [0.717, 1.165) is 12.8 Å². The van der Waals surface area contributed by atoms with E-state index in [9.17, 15) is 8.42 Å². The summed E-state index contributed by atoms with van der Waals surface area (Å²) >= 11 is 0. The maximum atomic E-state index is 11.5. The van der Waals surface area contributed by atoms with E-state index in [1.165, 1.54) is 25.5 Å². The Hall–Kier alpha value is -0.950. The third-order valence-corrected chi connectivity index (χ3v) is 5.70. The molecule has 2 rings (SSSR count). The Balaban J connectivity index is 2.05. The van der Waals surface area contributed by atoms with Crippen molar-refractivity contribution >= 4 is 9.84 Å². The normalized spacial score (nSPS) is 25.6. The highest BCUT2D eigenvalue weighted by molar-refractivity contribution is 7.90. The van der Waals surface area contributed by atoms with Crippen molar-refractivity contribution in [3.8, 4) is 0 Å². The molecule has 1 saturated carbocycles. The zero-order valence-electron chi connectivity index (χ0n) is 12.3. The lowest BCUT2D eigenvalue weighted by Crippen LogP contribution is -2.37. The van der Waals surface area contributed by atoms with Crippen LogP contribution in [0, 0.1) is 5.92 Å². The van der Waals surface area contributed by atoms with Crippen LogP contribution in [0.1, 0.15) is 49.6 Å². The standard InChI is InChI=1S/C13H23N3O3S/c1-9(20(3,17)18)13-15-12(19-16-13)8-10-6-4-5-7-11(10)14-2/h9-11,14H,4-8H2,1-3H3. The van der Waals surface area contributed by atoms with Crippen molar-refractivity contribution in [2.24, 2.45) is 5.92 Å². The molecule has 1 aliphatic rings. The average Bonchev–Trinajstić information content (AvgIpc) is 2.86. The first kappa shape index (κ1) is 15.4. The summed E-state index contributed by atoms with van der Waals surface area (Å²) in [5.41, 5.74) is 0. The molecule has 0 saturated heterocycles. The number of hydrogen-bond donors (Lipinski definition) is 1. The molecular weight excluding hydrogens is 278 g/mol. The summed E-state index contributed by atoms with van der Waals surface area (Å²) in [7, 11) is -1.21. The molecule has 1 fully saturated rings. The molecule has 1 aliphatic carbocycles. The van der Waals surface area contributed by atoms with E-state index in [1.807, 2.05) is 7.05 Å². The lowest BCUT2D eigenvalue weighted by Gasteiger charge is -2.30. The second-order valence-electron chi connectivity index (χ2n) is 5.66. The van der Waals surface area contributed by atoms with Crippen molar-refractivity contribution in [2.75, 3.05) is 13.3 Å². The summed E-state index contributed by atoms with van der Waals surface area (Å²) in [6.45, 7) is 1.58. The molecule has 114 valence electrons. The molecule has 0 spiro atoms. The summed E-state index contributed by atoms with van der Waals surface area (Å²) in [4.78, 5) is 4.25. The summed E-state index contributed by atoms with van der Waals surface area (Å²) in [5.74, 6) is 1.29. The number of nitrogens with zero attached hydrogens (tertiary/aromatic N) is 2. The van der Waals surface area contributed by atoms with Gasteiger partial charge in [-0.15, -0.1) is 0 Å². The van der Waals surface area contributed by atoms with Gasteiger partial charge in [0, 0.05) is 18.7 Å². The first-order valence-electron chi connectivity index (χ1n) is 7.10. The highest BCUT2D eigenvalue weighted by Gasteiger charge is 2.28. The third-order valence-electron chi connectivity index (χ3n) is 4.21. The van der Waals surface area contributed by atoms with Gasteiger partial charge in [-0.1, -0.05) is 18.0 Å². The smallest absolute Gasteiger partial charge is 0.227 e. The van der Waals surface area contributed by atoms with E-state index in [0.29, 0.717) is 17.9 Å². The van der Waals surface area contributed by atoms with Gasteiger partial charge in [0.1, 0.15) is 5.25 Å². The van der Waals surface area contributed by atoms with Crippen molar-refractivity contribution in [2.45, 2.75) is 50.3 Å². The number of aromatic nitrogens is 2. The van der Waals surface area contributed by atoms with Crippen molar-refractivity contribution < 1.29 is 12.9 Å². The topological polar surface area (TPSA) is 85.1 Å². The van der Waals surface area contributed by atoms with Gasteiger partial charge in [-0.25, -0.2) is 8.42 Å². The van der Waals surface area contributed by atoms with Crippen LogP contribution >= 0.6 is 0 Å². The molecule has 20 heavy (non-hydrogen) atoms. The fourth-order valence-corrected chi connectivity index (χ4v) is 3.24. The Kier molecular flexibility index (Phi) is 4.80. The van der Waals surface area contributed by atoms with Gasteiger partial charge in [0.25, 0.3) is 0 Å². The molecule has 0 bridgehead atoms. The van der Waals surface area contributed by atoms with Gasteiger partial charge < -0.3 is 9.84 Å². The van der Waals surface area contributed by atoms with E-state index in [1.54, 1.807) is 6.92 Å².